The number of amides is 2. The van der Waals surface area contributed by atoms with Gasteiger partial charge in [-0.05, 0) is 0 Å². The second-order valence-corrected chi connectivity index (χ2v) is 4.24. The molecule has 0 saturated carbocycles. The Morgan fingerprint density at radius 3 is 2.65 bits per heavy atom. The number of carboxylic acid groups (broad SMARTS) is 1. The van der Waals surface area contributed by atoms with Gasteiger partial charge in [-0.1, -0.05) is 0 Å². The molecule has 7 nitrogen and oxygen atoms in total. The van der Waals surface area contributed by atoms with Crippen molar-refractivity contribution in [2.75, 3.05) is 13.2 Å². The van der Waals surface area contributed by atoms with Crippen molar-refractivity contribution in [1.29, 1.82) is 0 Å². The van der Waals surface area contributed by atoms with Gasteiger partial charge in [-0.15, -0.1) is 11.3 Å². The number of nitrogens with zero attached hydrogens (tertiary/aromatic N) is 2. The van der Waals surface area contributed by atoms with Crippen LogP contribution in [0.25, 0.3) is 0 Å². The van der Waals surface area contributed by atoms with Gasteiger partial charge in [0.2, 0.25) is 0 Å². The third-order valence-electron chi connectivity index (χ3n) is 2.12. The number of thiazole rings is 1. The van der Waals surface area contributed by atoms with Gasteiger partial charge in [0.1, 0.15) is 18.2 Å². The summed E-state index contributed by atoms with van der Waals surface area (Å²) in [6.45, 7) is -0.273. The highest BCUT2D eigenvalue weighted by molar-refractivity contribution is 7.09. The summed E-state index contributed by atoms with van der Waals surface area (Å²) < 4.78 is 4.75. The molecule has 0 atom stereocenters. The van der Waals surface area contributed by atoms with Crippen molar-refractivity contribution in [2.45, 2.75) is 6.54 Å². The van der Waals surface area contributed by atoms with E-state index < -0.39 is 17.8 Å². The van der Waals surface area contributed by atoms with Crippen LogP contribution < -0.4 is 0 Å². The molecule has 1 aliphatic heterocycles. The largest absolute Gasteiger partial charge is 0.476 e. The van der Waals surface area contributed by atoms with Gasteiger partial charge in [-0.3, -0.25) is 14.5 Å². The average molecular weight is 256 g/mol. The molecule has 2 rings (SSSR count). The maximum absolute atomic E-state index is 11.4. The zero-order valence-electron chi connectivity index (χ0n) is 8.58. The maximum Gasteiger partial charge on any atom is 0.355 e. The Kier molecular flexibility index (Phi) is 3.16. The van der Waals surface area contributed by atoms with E-state index in [4.69, 9.17) is 9.84 Å². The number of morpholine rings is 1. The van der Waals surface area contributed by atoms with Crippen molar-refractivity contribution >= 4 is 29.1 Å². The van der Waals surface area contributed by atoms with Crippen LogP contribution in [0.4, 0.5) is 0 Å². The van der Waals surface area contributed by atoms with Gasteiger partial charge >= 0.3 is 5.97 Å². The van der Waals surface area contributed by atoms with Crippen LogP contribution in [0, 0.1) is 0 Å². The quantitative estimate of drug-likeness (QED) is 0.747. The summed E-state index contributed by atoms with van der Waals surface area (Å²) >= 11 is 1.10. The van der Waals surface area contributed by atoms with Crippen LogP contribution in [0.2, 0.25) is 0 Å². The summed E-state index contributed by atoms with van der Waals surface area (Å²) in [5.74, 6) is -2.01. The van der Waals surface area contributed by atoms with E-state index in [1.807, 2.05) is 0 Å². The van der Waals surface area contributed by atoms with E-state index in [0.29, 0.717) is 5.01 Å². The van der Waals surface area contributed by atoms with Gasteiger partial charge in [0.15, 0.2) is 5.69 Å². The van der Waals surface area contributed by atoms with Gasteiger partial charge in [0.25, 0.3) is 11.8 Å². The number of imide groups is 1. The number of carbonyl (C=O) groups excluding carboxylic acids is 2. The first kappa shape index (κ1) is 11.7. The molecule has 1 saturated heterocycles. The molecule has 0 aliphatic carbocycles. The van der Waals surface area contributed by atoms with Crippen LogP contribution in [0.3, 0.4) is 0 Å². The van der Waals surface area contributed by atoms with E-state index >= 15 is 0 Å². The Labute approximate surface area is 99.6 Å². The molecule has 0 bridgehead atoms. The van der Waals surface area contributed by atoms with Crippen LogP contribution in [0.1, 0.15) is 15.5 Å². The van der Waals surface area contributed by atoms with Gasteiger partial charge in [0.05, 0.1) is 6.54 Å². The molecule has 90 valence electrons. The molecule has 2 amide bonds. The van der Waals surface area contributed by atoms with E-state index in [-0.39, 0.29) is 25.5 Å². The van der Waals surface area contributed by atoms with Crippen molar-refractivity contribution in [3.63, 3.8) is 0 Å². The molecule has 0 aromatic carbocycles. The fourth-order valence-electron chi connectivity index (χ4n) is 1.31. The van der Waals surface area contributed by atoms with Crippen molar-refractivity contribution in [3.8, 4) is 0 Å². The normalized spacial score (nSPS) is 16.4. The SMILES string of the molecule is O=C(O)c1csc(CN2C(=O)COCC2=O)n1. The van der Waals surface area contributed by atoms with Crippen molar-refractivity contribution < 1.29 is 24.2 Å². The summed E-state index contributed by atoms with van der Waals surface area (Å²) in [6.07, 6.45) is 0. The van der Waals surface area contributed by atoms with Crippen LogP contribution >= 0.6 is 11.3 Å². The first-order chi connectivity index (χ1) is 8.08. The molecule has 1 aromatic rings. The van der Waals surface area contributed by atoms with E-state index in [9.17, 15) is 14.4 Å². The first-order valence-corrected chi connectivity index (χ1v) is 5.54. The molecule has 0 radical (unpaired) electrons. The molecule has 1 fully saturated rings. The highest BCUT2D eigenvalue weighted by Gasteiger charge is 2.27. The van der Waals surface area contributed by atoms with Crippen molar-refractivity contribution in [3.05, 3.63) is 16.1 Å². The third-order valence-corrected chi connectivity index (χ3v) is 2.95. The Morgan fingerprint density at radius 1 is 1.47 bits per heavy atom. The average Bonchev–Trinajstić information content (AvgIpc) is 2.72. The molecule has 2 heterocycles. The number of carbonyl (C=O) groups is 3. The second-order valence-electron chi connectivity index (χ2n) is 3.30. The van der Waals surface area contributed by atoms with Gasteiger partial charge in [0, 0.05) is 5.38 Å². The highest BCUT2D eigenvalue weighted by Crippen LogP contribution is 2.14. The summed E-state index contributed by atoms with van der Waals surface area (Å²) in [5, 5.41) is 10.5. The number of aromatic carboxylic acids is 1. The zero-order valence-corrected chi connectivity index (χ0v) is 9.40. The minimum absolute atomic E-state index is 0.00102. The van der Waals surface area contributed by atoms with E-state index in [0.717, 1.165) is 16.2 Å². The molecule has 0 spiro atoms. The molecule has 1 N–H and O–H groups in total. The van der Waals surface area contributed by atoms with E-state index in [1.54, 1.807) is 0 Å². The van der Waals surface area contributed by atoms with E-state index in [1.165, 1.54) is 5.38 Å². The lowest BCUT2D eigenvalue weighted by atomic mass is 10.4. The summed E-state index contributed by atoms with van der Waals surface area (Å²) in [4.78, 5) is 38.2. The second kappa shape index (κ2) is 4.60. The number of hydrogen-bond acceptors (Lipinski definition) is 6. The minimum atomic E-state index is -1.13. The number of carboxylic acids is 1. The van der Waals surface area contributed by atoms with Crippen LogP contribution in [0.5, 0.6) is 0 Å². The van der Waals surface area contributed by atoms with Crippen LogP contribution in [-0.4, -0.2) is 46.0 Å². The Bertz CT molecular complexity index is 467. The summed E-state index contributed by atoms with van der Waals surface area (Å²) in [7, 11) is 0. The molecule has 1 aliphatic rings. The minimum Gasteiger partial charge on any atom is -0.476 e. The third kappa shape index (κ3) is 2.48. The van der Waals surface area contributed by atoms with Crippen LogP contribution in [0.15, 0.2) is 5.38 Å². The summed E-state index contributed by atoms with van der Waals surface area (Å²) in [6, 6.07) is 0. The molecule has 17 heavy (non-hydrogen) atoms. The maximum atomic E-state index is 11.4. The molecular formula is C9H8N2O5S. The molecule has 0 unspecified atom stereocenters. The van der Waals surface area contributed by atoms with Gasteiger partial charge in [-0.25, -0.2) is 9.78 Å². The standard InChI is InChI=1S/C9H8N2O5S/c12-7-2-16-3-8(13)11(7)1-6-10-5(4-17-6)9(14)15/h4H,1-3H2,(H,14,15). The highest BCUT2D eigenvalue weighted by atomic mass is 32.1. The first-order valence-electron chi connectivity index (χ1n) is 4.66. The zero-order chi connectivity index (χ0) is 12.4. The van der Waals surface area contributed by atoms with Crippen LogP contribution in [-0.2, 0) is 20.9 Å². The number of rotatable bonds is 3. The van der Waals surface area contributed by atoms with Crippen molar-refractivity contribution in [1.82, 2.24) is 9.88 Å². The number of hydrogen-bond donors (Lipinski definition) is 1. The lowest BCUT2D eigenvalue weighted by Gasteiger charge is -2.23. The Morgan fingerprint density at radius 2 is 2.12 bits per heavy atom. The van der Waals surface area contributed by atoms with Gasteiger partial charge in [-0.2, -0.15) is 0 Å². The topological polar surface area (TPSA) is 96.8 Å². The molecule has 1 aromatic heterocycles. The monoisotopic (exact) mass is 256 g/mol. The lowest BCUT2D eigenvalue weighted by Crippen LogP contribution is -2.45. The Hall–Kier alpha value is -1.80. The number of ether oxygens (including phenoxy) is 1. The Balaban J connectivity index is 2.11. The van der Waals surface area contributed by atoms with Gasteiger partial charge < -0.3 is 9.84 Å². The molecular weight excluding hydrogens is 248 g/mol. The predicted octanol–water partition coefficient (Wildman–Crippen LogP) is -0.273. The van der Waals surface area contributed by atoms with Crippen molar-refractivity contribution in [2.24, 2.45) is 0 Å². The summed E-state index contributed by atoms with van der Waals surface area (Å²) in [5.41, 5.74) is -0.0850. The fraction of sp³-hybridized carbons (Fsp3) is 0.333. The molecule has 8 heteroatoms. The lowest BCUT2D eigenvalue weighted by molar-refractivity contribution is -0.159. The van der Waals surface area contributed by atoms with E-state index in [2.05, 4.69) is 4.98 Å². The smallest absolute Gasteiger partial charge is 0.355 e. The number of aromatic nitrogens is 1. The fourth-order valence-corrected chi connectivity index (χ4v) is 2.07. The predicted molar refractivity (Wildman–Crippen MR) is 55.4 cm³/mol.